The average Bonchev–Trinajstić information content (AvgIpc) is 2.48. The van der Waals surface area contributed by atoms with Crippen LogP contribution in [0.15, 0.2) is 0 Å². The number of carbonyl (C=O) groups excluding carboxylic acids is 1. The molecule has 0 aliphatic heterocycles. The third-order valence-corrected chi connectivity index (χ3v) is 4.11. The van der Waals surface area contributed by atoms with Gasteiger partial charge in [0.1, 0.15) is 0 Å². The largest absolute Gasteiger partial charge is 0.356 e. The van der Waals surface area contributed by atoms with E-state index < -0.39 is 0 Å². The van der Waals surface area contributed by atoms with Crippen LogP contribution < -0.4 is 5.32 Å². The highest BCUT2D eigenvalue weighted by molar-refractivity contribution is 5.75. The minimum absolute atomic E-state index is 0.246. The van der Waals surface area contributed by atoms with Gasteiger partial charge in [-0.1, -0.05) is 90.9 Å². The summed E-state index contributed by atoms with van der Waals surface area (Å²) in [7, 11) is 0. The van der Waals surface area contributed by atoms with Crippen LogP contribution in [-0.4, -0.2) is 12.5 Å². The van der Waals surface area contributed by atoms with Crippen molar-refractivity contribution in [3.63, 3.8) is 0 Å². The lowest BCUT2D eigenvalue weighted by Crippen LogP contribution is -2.23. The molecular formula is C19H39NO. The fourth-order valence-corrected chi connectivity index (χ4v) is 2.62. The molecule has 0 unspecified atom stereocenters. The minimum atomic E-state index is 0.246. The molecule has 1 amide bonds. The normalized spacial score (nSPS) is 10.8. The van der Waals surface area contributed by atoms with Gasteiger partial charge >= 0.3 is 0 Å². The maximum absolute atomic E-state index is 11.5. The van der Waals surface area contributed by atoms with E-state index in [0.717, 1.165) is 32.2 Å². The van der Waals surface area contributed by atoms with Gasteiger partial charge in [-0.3, -0.25) is 4.79 Å². The van der Waals surface area contributed by atoms with Gasteiger partial charge in [-0.05, 0) is 12.8 Å². The van der Waals surface area contributed by atoms with Crippen molar-refractivity contribution in [1.29, 1.82) is 0 Å². The quantitative estimate of drug-likeness (QED) is 0.348. The molecular weight excluding hydrogens is 258 g/mol. The summed E-state index contributed by atoms with van der Waals surface area (Å²) in [6.07, 6.45) is 19.2. The van der Waals surface area contributed by atoms with Gasteiger partial charge in [0.25, 0.3) is 0 Å². The number of nitrogens with one attached hydrogen (secondary N) is 1. The first-order valence-corrected chi connectivity index (χ1v) is 9.58. The Morgan fingerprint density at radius 2 is 1.05 bits per heavy atom. The number of hydrogen-bond acceptors (Lipinski definition) is 1. The highest BCUT2D eigenvalue weighted by Gasteiger charge is 1.99. The number of hydrogen-bond donors (Lipinski definition) is 1. The second-order valence-electron chi connectivity index (χ2n) is 6.34. The summed E-state index contributed by atoms with van der Waals surface area (Å²) in [5, 5.41) is 2.98. The lowest BCUT2D eigenvalue weighted by atomic mass is 10.0. The van der Waals surface area contributed by atoms with Crippen molar-refractivity contribution in [2.75, 3.05) is 6.54 Å². The van der Waals surface area contributed by atoms with Crippen LogP contribution >= 0.6 is 0 Å². The fourth-order valence-electron chi connectivity index (χ4n) is 2.62. The van der Waals surface area contributed by atoms with Crippen molar-refractivity contribution >= 4 is 5.91 Å². The molecule has 0 atom stereocenters. The molecule has 0 rings (SSSR count). The molecule has 0 fully saturated rings. The first kappa shape index (κ1) is 20.5. The fraction of sp³-hybridized carbons (Fsp3) is 0.947. The maximum Gasteiger partial charge on any atom is 0.219 e. The monoisotopic (exact) mass is 297 g/mol. The summed E-state index contributed by atoms with van der Waals surface area (Å²) in [5.41, 5.74) is 0. The van der Waals surface area contributed by atoms with E-state index in [9.17, 15) is 4.79 Å². The molecule has 0 bridgehead atoms. The average molecular weight is 298 g/mol. The van der Waals surface area contributed by atoms with Crippen LogP contribution in [-0.2, 0) is 4.79 Å². The van der Waals surface area contributed by atoms with Crippen LogP contribution in [0.4, 0.5) is 0 Å². The summed E-state index contributed by atoms with van der Waals surface area (Å²) in [6, 6.07) is 0. The Labute approximate surface area is 133 Å². The Morgan fingerprint density at radius 1 is 0.619 bits per heavy atom. The van der Waals surface area contributed by atoms with Crippen LogP contribution in [0.25, 0.3) is 0 Å². The van der Waals surface area contributed by atoms with E-state index in [1.54, 1.807) is 0 Å². The molecule has 0 heterocycles. The zero-order valence-corrected chi connectivity index (χ0v) is 14.7. The maximum atomic E-state index is 11.5. The molecule has 21 heavy (non-hydrogen) atoms. The summed E-state index contributed by atoms with van der Waals surface area (Å²) in [5.74, 6) is 0.246. The molecule has 0 radical (unpaired) electrons. The molecule has 0 aromatic rings. The van der Waals surface area contributed by atoms with E-state index in [4.69, 9.17) is 0 Å². The van der Waals surface area contributed by atoms with Gasteiger partial charge in [0.05, 0.1) is 0 Å². The van der Waals surface area contributed by atoms with Gasteiger partial charge in [-0.25, -0.2) is 0 Å². The van der Waals surface area contributed by atoms with E-state index >= 15 is 0 Å². The van der Waals surface area contributed by atoms with Gasteiger partial charge in [0.2, 0.25) is 5.91 Å². The number of amides is 1. The van der Waals surface area contributed by atoms with Crippen LogP contribution in [0.5, 0.6) is 0 Å². The second kappa shape index (κ2) is 17.5. The van der Waals surface area contributed by atoms with Crippen molar-refractivity contribution in [2.45, 2.75) is 110 Å². The lowest BCUT2D eigenvalue weighted by Gasteiger charge is -2.04. The molecule has 0 aliphatic rings. The molecule has 1 N–H and O–H groups in total. The standard InChI is InChI=1S/C19H39NO/c1-3-5-7-8-9-10-11-12-13-14-15-16-17-19(21)20-18-6-4-2/h3-18H2,1-2H3,(H,20,21). The summed E-state index contributed by atoms with van der Waals surface area (Å²) in [4.78, 5) is 11.5. The molecule has 0 saturated carbocycles. The molecule has 0 aromatic heterocycles. The molecule has 0 aliphatic carbocycles. The van der Waals surface area contributed by atoms with Crippen LogP contribution in [0.2, 0.25) is 0 Å². The molecule has 0 spiro atoms. The van der Waals surface area contributed by atoms with Crippen molar-refractivity contribution < 1.29 is 4.79 Å². The molecule has 2 nitrogen and oxygen atoms in total. The predicted octanol–water partition coefficient (Wildman–Crippen LogP) is 5.99. The van der Waals surface area contributed by atoms with Gasteiger partial charge in [0, 0.05) is 13.0 Å². The molecule has 0 saturated heterocycles. The first-order valence-electron chi connectivity index (χ1n) is 9.58. The van der Waals surface area contributed by atoms with Crippen LogP contribution in [0.1, 0.15) is 110 Å². The highest BCUT2D eigenvalue weighted by atomic mass is 16.1. The van der Waals surface area contributed by atoms with Crippen molar-refractivity contribution in [1.82, 2.24) is 5.32 Å². The Hall–Kier alpha value is -0.530. The van der Waals surface area contributed by atoms with Crippen molar-refractivity contribution in [3.05, 3.63) is 0 Å². The highest BCUT2D eigenvalue weighted by Crippen LogP contribution is 2.12. The van der Waals surface area contributed by atoms with Crippen molar-refractivity contribution in [2.24, 2.45) is 0 Å². The van der Waals surface area contributed by atoms with E-state index in [1.165, 1.54) is 70.6 Å². The molecule has 126 valence electrons. The van der Waals surface area contributed by atoms with E-state index in [0.29, 0.717) is 0 Å². The second-order valence-corrected chi connectivity index (χ2v) is 6.34. The van der Waals surface area contributed by atoms with Crippen LogP contribution in [0, 0.1) is 0 Å². The Bertz CT molecular complexity index is 216. The Kier molecular flexibility index (Phi) is 17.1. The summed E-state index contributed by atoms with van der Waals surface area (Å²) >= 11 is 0. The number of rotatable bonds is 16. The van der Waals surface area contributed by atoms with Gasteiger partial charge in [-0.15, -0.1) is 0 Å². The minimum Gasteiger partial charge on any atom is -0.356 e. The molecule has 0 aromatic carbocycles. The van der Waals surface area contributed by atoms with Gasteiger partial charge in [0.15, 0.2) is 0 Å². The number of carbonyl (C=O) groups is 1. The smallest absolute Gasteiger partial charge is 0.219 e. The summed E-state index contributed by atoms with van der Waals surface area (Å²) < 4.78 is 0. The predicted molar refractivity (Wildman–Crippen MR) is 93.6 cm³/mol. The van der Waals surface area contributed by atoms with Crippen LogP contribution in [0.3, 0.4) is 0 Å². The van der Waals surface area contributed by atoms with E-state index in [-0.39, 0.29) is 5.91 Å². The third kappa shape index (κ3) is 17.4. The van der Waals surface area contributed by atoms with Gasteiger partial charge < -0.3 is 5.32 Å². The lowest BCUT2D eigenvalue weighted by molar-refractivity contribution is -0.121. The van der Waals surface area contributed by atoms with Crippen molar-refractivity contribution in [3.8, 4) is 0 Å². The zero-order valence-electron chi connectivity index (χ0n) is 14.7. The Morgan fingerprint density at radius 3 is 1.52 bits per heavy atom. The SMILES string of the molecule is CCCCCCCCCCCCCCC(=O)NCCCC. The third-order valence-electron chi connectivity index (χ3n) is 4.11. The topological polar surface area (TPSA) is 29.1 Å². The Balaban J connectivity index is 3.06. The molecule has 2 heteroatoms. The number of unbranched alkanes of at least 4 members (excludes halogenated alkanes) is 12. The summed E-state index contributed by atoms with van der Waals surface area (Å²) in [6.45, 7) is 5.28. The van der Waals surface area contributed by atoms with Gasteiger partial charge in [-0.2, -0.15) is 0 Å². The van der Waals surface area contributed by atoms with E-state index in [2.05, 4.69) is 19.2 Å². The zero-order chi connectivity index (χ0) is 15.6. The van der Waals surface area contributed by atoms with E-state index in [1.807, 2.05) is 0 Å². The first-order chi connectivity index (χ1) is 10.3.